The molecule has 2 heterocycles. The topological polar surface area (TPSA) is 61.9 Å². The Labute approximate surface area is 193 Å². The molecule has 0 bridgehead atoms. The van der Waals surface area contributed by atoms with Crippen molar-refractivity contribution >= 4 is 17.6 Å². The van der Waals surface area contributed by atoms with Gasteiger partial charge in [0, 0.05) is 6.54 Å². The first-order valence-electron chi connectivity index (χ1n) is 11.4. The van der Waals surface area contributed by atoms with Crippen molar-refractivity contribution in [3.05, 3.63) is 90.5 Å². The predicted molar refractivity (Wildman–Crippen MR) is 127 cm³/mol. The van der Waals surface area contributed by atoms with Crippen molar-refractivity contribution in [2.24, 2.45) is 5.92 Å². The third-order valence-electron chi connectivity index (χ3n) is 6.31. The molecule has 0 radical (unpaired) electrons. The summed E-state index contributed by atoms with van der Waals surface area (Å²) in [5, 5.41) is 3.37. The highest BCUT2D eigenvalue weighted by molar-refractivity contribution is 6.21. The summed E-state index contributed by atoms with van der Waals surface area (Å²) in [6.45, 7) is 2.48. The number of nitrogens with zero attached hydrogens (tertiary/aromatic N) is 2. The number of imide groups is 1. The molecule has 168 valence electrons. The van der Waals surface area contributed by atoms with Crippen LogP contribution in [-0.4, -0.2) is 36.5 Å². The van der Waals surface area contributed by atoms with E-state index in [0.717, 1.165) is 37.2 Å². The van der Waals surface area contributed by atoms with E-state index in [4.69, 9.17) is 4.74 Å². The summed E-state index contributed by atoms with van der Waals surface area (Å²) in [6.07, 6.45) is 2.01. The lowest BCUT2D eigenvalue weighted by Crippen LogP contribution is -2.39. The molecule has 33 heavy (non-hydrogen) atoms. The zero-order valence-electron chi connectivity index (χ0n) is 18.4. The number of hydrogen-bond acceptors (Lipinski definition) is 4. The number of para-hydroxylation sites is 1. The van der Waals surface area contributed by atoms with Gasteiger partial charge in [-0.3, -0.25) is 4.79 Å². The summed E-state index contributed by atoms with van der Waals surface area (Å²) in [4.78, 5) is 30.2. The van der Waals surface area contributed by atoms with E-state index in [-0.39, 0.29) is 11.9 Å². The van der Waals surface area contributed by atoms with Crippen LogP contribution in [0.25, 0.3) is 0 Å². The Kier molecular flexibility index (Phi) is 6.09. The molecule has 0 aliphatic carbocycles. The molecule has 1 atom stereocenters. The standard InChI is InChI=1S/C27H27N3O3/c31-26-25(21-7-3-1-4-8-21)29(19-20-15-17-28-18-16-20)27(32)30(26)22-11-13-24(14-12-22)33-23-9-5-2-6-10-23/h1-14,20,25,28H,15-19H2. The maximum Gasteiger partial charge on any atom is 0.332 e. The van der Waals surface area contributed by atoms with E-state index < -0.39 is 6.04 Å². The van der Waals surface area contributed by atoms with Gasteiger partial charge in [0.05, 0.1) is 5.69 Å². The number of carbonyl (C=O) groups excluding carboxylic acids is 2. The maximum atomic E-state index is 13.6. The highest BCUT2D eigenvalue weighted by Gasteiger charge is 2.47. The zero-order valence-corrected chi connectivity index (χ0v) is 18.4. The predicted octanol–water partition coefficient (Wildman–Crippen LogP) is 4.99. The number of hydrogen-bond donors (Lipinski definition) is 1. The van der Waals surface area contributed by atoms with Crippen molar-refractivity contribution in [1.29, 1.82) is 0 Å². The molecule has 3 aromatic rings. The van der Waals surface area contributed by atoms with Gasteiger partial charge in [0.2, 0.25) is 0 Å². The summed E-state index contributed by atoms with van der Waals surface area (Å²) in [7, 11) is 0. The molecule has 5 rings (SSSR count). The molecule has 6 heteroatoms. The van der Waals surface area contributed by atoms with Crippen molar-refractivity contribution in [3.63, 3.8) is 0 Å². The van der Waals surface area contributed by atoms with Gasteiger partial charge in [-0.05, 0) is 73.8 Å². The highest BCUT2D eigenvalue weighted by Crippen LogP contribution is 2.36. The van der Waals surface area contributed by atoms with E-state index in [1.807, 2.05) is 60.7 Å². The number of anilines is 1. The molecule has 0 aromatic heterocycles. The van der Waals surface area contributed by atoms with Crippen LogP contribution in [-0.2, 0) is 4.79 Å². The first kappa shape index (κ1) is 21.2. The molecule has 0 saturated carbocycles. The lowest BCUT2D eigenvalue weighted by atomic mass is 9.96. The van der Waals surface area contributed by atoms with Gasteiger partial charge in [-0.25, -0.2) is 9.69 Å². The minimum Gasteiger partial charge on any atom is -0.457 e. The van der Waals surface area contributed by atoms with Crippen LogP contribution in [0.3, 0.4) is 0 Å². The molecular weight excluding hydrogens is 414 g/mol. The number of nitrogens with one attached hydrogen (secondary N) is 1. The van der Waals surface area contributed by atoms with Crippen LogP contribution in [0.5, 0.6) is 11.5 Å². The lowest BCUT2D eigenvalue weighted by Gasteiger charge is -2.29. The van der Waals surface area contributed by atoms with E-state index in [9.17, 15) is 9.59 Å². The minimum atomic E-state index is -0.603. The van der Waals surface area contributed by atoms with Gasteiger partial charge in [0.15, 0.2) is 0 Å². The maximum absolute atomic E-state index is 13.6. The fourth-order valence-corrected chi connectivity index (χ4v) is 4.60. The van der Waals surface area contributed by atoms with Crippen LogP contribution in [0, 0.1) is 5.92 Å². The van der Waals surface area contributed by atoms with Crippen molar-refractivity contribution in [2.75, 3.05) is 24.5 Å². The smallest absolute Gasteiger partial charge is 0.332 e. The zero-order chi connectivity index (χ0) is 22.6. The van der Waals surface area contributed by atoms with Crippen molar-refractivity contribution in [1.82, 2.24) is 10.2 Å². The first-order valence-corrected chi connectivity index (χ1v) is 11.4. The molecule has 2 saturated heterocycles. The van der Waals surface area contributed by atoms with Crippen molar-refractivity contribution in [2.45, 2.75) is 18.9 Å². The van der Waals surface area contributed by atoms with Gasteiger partial charge in [-0.2, -0.15) is 0 Å². The Morgan fingerprint density at radius 1 is 0.788 bits per heavy atom. The van der Waals surface area contributed by atoms with E-state index >= 15 is 0 Å². The largest absolute Gasteiger partial charge is 0.457 e. The minimum absolute atomic E-state index is 0.211. The van der Waals surface area contributed by atoms with Gasteiger partial charge in [0.1, 0.15) is 17.5 Å². The van der Waals surface area contributed by atoms with Gasteiger partial charge >= 0.3 is 6.03 Å². The van der Waals surface area contributed by atoms with Crippen LogP contribution >= 0.6 is 0 Å². The molecule has 0 spiro atoms. The Balaban J connectivity index is 1.41. The van der Waals surface area contributed by atoms with Crippen LogP contribution in [0.1, 0.15) is 24.4 Å². The molecular formula is C27H27N3O3. The van der Waals surface area contributed by atoms with Gasteiger partial charge in [-0.15, -0.1) is 0 Å². The number of carbonyl (C=O) groups is 2. The van der Waals surface area contributed by atoms with Crippen LogP contribution in [0.2, 0.25) is 0 Å². The Bertz CT molecular complexity index is 1100. The van der Waals surface area contributed by atoms with E-state index in [2.05, 4.69) is 5.32 Å². The van der Waals surface area contributed by atoms with E-state index in [1.54, 1.807) is 29.2 Å². The third-order valence-corrected chi connectivity index (χ3v) is 6.31. The second kappa shape index (κ2) is 9.46. The fourth-order valence-electron chi connectivity index (χ4n) is 4.60. The molecule has 3 aromatic carbocycles. The molecule has 1 N–H and O–H groups in total. The number of benzene rings is 3. The summed E-state index contributed by atoms with van der Waals surface area (Å²) in [5.41, 5.74) is 1.40. The van der Waals surface area contributed by atoms with Crippen LogP contribution in [0.4, 0.5) is 10.5 Å². The fraction of sp³-hybridized carbons (Fsp3) is 0.259. The third kappa shape index (κ3) is 4.47. The SMILES string of the molecule is O=C1C(c2ccccc2)N(CC2CCNCC2)C(=O)N1c1ccc(Oc2ccccc2)cc1. The van der Waals surface area contributed by atoms with Crippen molar-refractivity contribution in [3.8, 4) is 11.5 Å². The van der Waals surface area contributed by atoms with E-state index in [0.29, 0.717) is 23.9 Å². The average molecular weight is 442 g/mol. The first-order chi connectivity index (χ1) is 16.2. The number of ether oxygens (including phenoxy) is 1. The Morgan fingerprint density at radius 2 is 1.39 bits per heavy atom. The van der Waals surface area contributed by atoms with Gasteiger partial charge < -0.3 is 15.0 Å². The normalized spacial score (nSPS) is 19.2. The molecule has 2 aliphatic heterocycles. The van der Waals surface area contributed by atoms with Gasteiger partial charge in [-0.1, -0.05) is 48.5 Å². The average Bonchev–Trinajstić information content (AvgIpc) is 3.10. The van der Waals surface area contributed by atoms with Crippen LogP contribution in [0.15, 0.2) is 84.9 Å². The summed E-state index contributed by atoms with van der Waals surface area (Å²) in [5.74, 6) is 1.55. The number of urea groups is 1. The van der Waals surface area contributed by atoms with E-state index in [1.165, 1.54) is 4.90 Å². The monoisotopic (exact) mass is 441 g/mol. The number of rotatable bonds is 6. The second-order valence-corrected chi connectivity index (χ2v) is 8.52. The molecule has 2 fully saturated rings. The highest BCUT2D eigenvalue weighted by atomic mass is 16.5. The molecule has 2 aliphatic rings. The molecule has 1 unspecified atom stereocenters. The quantitative estimate of drug-likeness (QED) is 0.548. The summed E-state index contributed by atoms with van der Waals surface area (Å²) >= 11 is 0. The molecule has 3 amide bonds. The number of piperidine rings is 1. The van der Waals surface area contributed by atoms with Gasteiger partial charge in [0.25, 0.3) is 5.91 Å². The van der Waals surface area contributed by atoms with Crippen LogP contribution < -0.4 is 15.0 Å². The summed E-state index contributed by atoms with van der Waals surface area (Å²) < 4.78 is 5.86. The second-order valence-electron chi connectivity index (χ2n) is 8.52. The molecule has 6 nitrogen and oxygen atoms in total. The Morgan fingerprint density at radius 3 is 2.06 bits per heavy atom. The Hall–Kier alpha value is -3.64. The lowest BCUT2D eigenvalue weighted by molar-refractivity contribution is -0.120. The number of amides is 3. The summed E-state index contributed by atoms with van der Waals surface area (Å²) in [6, 6.07) is 25.3. The van der Waals surface area contributed by atoms with Crippen molar-refractivity contribution < 1.29 is 14.3 Å².